The molecule has 0 radical (unpaired) electrons. The minimum atomic E-state index is -0.655. The van der Waals surface area contributed by atoms with E-state index in [0.29, 0.717) is 37.0 Å². The van der Waals surface area contributed by atoms with E-state index in [4.69, 9.17) is 10.5 Å². The molecule has 2 aromatic heterocycles. The van der Waals surface area contributed by atoms with Gasteiger partial charge in [0.15, 0.2) is 5.82 Å². The Kier molecular flexibility index (Phi) is 4.16. The topological polar surface area (TPSA) is 134 Å². The van der Waals surface area contributed by atoms with Crippen LogP contribution in [-0.2, 0) is 4.74 Å². The van der Waals surface area contributed by atoms with Crippen molar-refractivity contribution in [3.05, 3.63) is 36.2 Å². The Morgan fingerprint density at radius 3 is 2.87 bits per heavy atom. The Hall–Kier alpha value is -3.89. The number of aromatic nitrogens is 2. The fraction of sp³-hybridized carbons (Fsp3) is 0.316. The number of fused-ring (bicyclic) bond motifs is 4. The molecule has 0 spiro atoms. The summed E-state index contributed by atoms with van der Waals surface area (Å²) in [5.41, 5.74) is 6.85. The van der Waals surface area contributed by atoms with Crippen molar-refractivity contribution in [1.29, 1.82) is 0 Å². The zero-order valence-corrected chi connectivity index (χ0v) is 15.9. The van der Waals surface area contributed by atoms with Crippen LogP contribution in [-0.4, -0.2) is 60.3 Å². The van der Waals surface area contributed by atoms with Crippen LogP contribution >= 0.6 is 0 Å². The molecule has 2 bridgehead atoms. The number of rotatable bonds is 3. The van der Waals surface area contributed by atoms with E-state index in [1.165, 1.54) is 11.1 Å². The zero-order valence-electron chi connectivity index (χ0n) is 15.9. The number of hydrogen-bond acceptors (Lipinski definition) is 7. The van der Waals surface area contributed by atoms with Gasteiger partial charge in [-0.05, 0) is 24.6 Å². The summed E-state index contributed by atoms with van der Waals surface area (Å²) in [5.74, 6) is 0.0417. The van der Waals surface area contributed by atoms with Gasteiger partial charge >= 0.3 is 12.1 Å². The molecule has 1 atom stereocenters. The molecule has 5 heterocycles. The molecular formula is C19H19N7O4. The average molecular weight is 409 g/mol. The molecule has 4 amide bonds. The van der Waals surface area contributed by atoms with Gasteiger partial charge in [-0.25, -0.2) is 19.6 Å². The zero-order chi connectivity index (χ0) is 20.8. The predicted octanol–water partition coefficient (Wildman–Crippen LogP) is 1.16. The number of amides is 4. The van der Waals surface area contributed by atoms with Gasteiger partial charge in [0.25, 0.3) is 5.91 Å². The molecule has 0 aromatic carbocycles. The second kappa shape index (κ2) is 6.87. The molecular weight excluding hydrogens is 390 g/mol. The van der Waals surface area contributed by atoms with Crippen molar-refractivity contribution in [3.63, 3.8) is 0 Å². The molecule has 3 aliphatic rings. The van der Waals surface area contributed by atoms with Crippen LogP contribution in [0, 0.1) is 0 Å². The Morgan fingerprint density at radius 1 is 1.23 bits per heavy atom. The molecule has 5 rings (SSSR count). The molecule has 11 nitrogen and oxygen atoms in total. The summed E-state index contributed by atoms with van der Waals surface area (Å²) in [7, 11) is 0. The van der Waals surface area contributed by atoms with Gasteiger partial charge in [-0.3, -0.25) is 19.9 Å². The first-order chi connectivity index (χ1) is 14.5. The number of nitrogens with two attached hydrogens (primary N) is 1. The normalized spacial score (nSPS) is 19.5. The molecule has 2 saturated heterocycles. The third-order valence-corrected chi connectivity index (χ3v) is 5.47. The number of pyridine rings is 2. The van der Waals surface area contributed by atoms with Crippen LogP contribution in [0.4, 0.5) is 32.6 Å². The number of hydrogen-bond donors (Lipinski definition) is 2. The molecule has 0 saturated carbocycles. The standard InChI is InChI=1S/C19H19N7O4/c20-16(27)13-1-2-14-17(22-13)26(12-4-6-24(14)10-12)18(28)23-15-9-11(3-5-21-15)25-7-8-30-19(25)29/h1-3,5,9,12H,4,6-8,10H2,(H2,20,27)(H,21,23,28). The number of primary amides is 1. The number of anilines is 4. The van der Waals surface area contributed by atoms with Crippen molar-refractivity contribution < 1.29 is 19.1 Å². The van der Waals surface area contributed by atoms with E-state index >= 15 is 0 Å². The first kappa shape index (κ1) is 18.2. The highest BCUT2D eigenvalue weighted by Crippen LogP contribution is 2.39. The monoisotopic (exact) mass is 409 g/mol. The highest BCUT2D eigenvalue weighted by molar-refractivity contribution is 6.05. The summed E-state index contributed by atoms with van der Waals surface area (Å²) in [5, 5.41) is 2.79. The van der Waals surface area contributed by atoms with Crippen molar-refractivity contribution in [2.24, 2.45) is 5.73 Å². The summed E-state index contributed by atoms with van der Waals surface area (Å²) in [6.07, 6.45) is 1.86. The quantitative estimate of drug-likeness (QED) is 0.777. The van der Waals surface area contributed by atoms with Gasteiger partial charge in [-0.15, -0.1) is 0 Å². The van der Waals surface area contributed by atoms with Gasteiger partial charge < -0.3 is 15.4 Å². The molecule has 3 aliphatic heterocycles. The van der Waals surface area contributed by atoms with E-state index in [2.05, 4.69) is 20.2 Å². The summed E-state index contributed by atoms with van der Waals surface area (Å²) in [6.45, 7) is 2.24. The van der Waals surface area contributed by atoms with Crippen LogP contribution < -0.4 is 25.8 Å². The predicted molar refractivity (Wildman–Crippen MR) is 108 cm³/mol. The van der Waals surface area contributed by atoms with Crippen LogP contribution in [0.1, 0.15) is 16.9 Å². The third-order valence-electron chi connectivity index (χ3n) is 5.47. The summed E-state index contributed by atoms with van der Waals surface area (Å²) < 4.78 is 4.96. The van der Waals surface area contributed by atoms with Crippen molar-refractivity contribution in [1.82, 2.24) is 9.97 Å². The van der Waals surface area contributed by atoms with Gasteiger partial charge in [0.1, 0.15) is 18.1 Å². The van der Waals surface area contributed by atoms with E-state index in [9.17, 15) is 14.4 Å². The minimum Gasteiger partial charge on any atom is -0.447 e. The lowest BCUT2D eigenvalue weighted by molar-refractivity contribution is 0.0995. The number of carbonyl (C=O) groups is 3. The van der Waals surface area contributed by atoms with Gasteiger partial charge in [-0.2, -0.15) is 0 Å². The largest absolute Gasteiger partial charge is 0.447 e. The lowest BCUT2D eigenvalue weighted by Gasteiger charge is -2.35. The van der Waals surface area contributed by atoms with Gasteiger partial charge in [0, 0.05) is 25.4 Å². The van der Waals surface area contributed by atoms with E-state index in [0.717, 1.165) is 18.7 Å². The maximum absolute atomic E-state index is 13.2. The maximum Gasteiger partial charge on any atom is 0.414 e. The molecule has 3 N–H and O–H groups in total. The van der Waals surface area contributed by atoms with Crippen LogP contribution in [0.2, 0.25) is 0 Å². The lowest BCUT2D eigenvalue weighted by Crippen LogP contribution is -2.48. The summed E-state index contributed by atoms with van der Waals surface area (Å²) in [4.78, 5) is 50.3. The SMILES string of the molecule is NC(=O)c1ccc2c(n1)N(C(=O)Nc1cc(N3CCOC3=O)ccn1)C1CCN2C1. The molecule has 2 fully saturated rings. The highest BCUT2D eigenvalue weighted by atomic mass is 16.6. The fourth-order valence-corrected chi connectivity index (χ4v) is 4.06. The van der Waals surface area contributed by atoms with Crippen LogP contribution in [0.5, 0.6) is 0 Å². The van der Waals surface area contributed by atoms with Gasteiger partial charge in [0.05, 0.1) is 24.0 Å². The summed E-state index contributed by atoms with van der Waals surface area (Å²) >= 11 is 0. The van der Waals surface area contributed by atoms with Crippen molar-refractivity contribution in [3.8, 4) is 0 Å². The number of ether oxygens (including phenoxy) is 1. The Bertz CT molecular complexity index is 1060. The van der Waals surface area contributed by atoms with Crippen molar-refractivity contribution in [2.45, 2.75) is 12.5 Å². The van der Waals surface area contributed by atoms with Crippen molar-refractivity contribution >= 4 is 41.0 Å². The first-order valence-electron chi connectivity index (χ1n) is 9.57. The fourth-order valence-electron chi connectivity index (χ4n) is 4.06. The highest BCUT2D eigenvalue weighted by Gasteiger charge is 2.40. The summed E-state index contributed by atoms with van der Waals surface area (Å²) in [6, 6.07) is 6.13. The van der Waals surface area contributed by atoms with E-state index in [1.54, 1.807) is 29.2 Å². The van der Waals surface area contributed by atoms with Crippen LogP contribution in [0.25, 0.3) is 0 Å². The Morgan fingerprint density at radius 2 is 2.10 bits per heavy atom. The van der Waals surface area contributed by atoms with Crippen LogP contribution in [0.15, 0.2) is 30.5 Å². The number of carbonyl (C=O) groups excluding carboxylic acids is 3. The Labute approximate surface area is 171 Å². The third kappa shape index (κ3) is 2.95. The van der Waals surface area contributed by atoms with Crippen molar-refractivity contribution in [2.75, 3.05) is 46.3 Å². The first-order valence-corrected chi connectivity index (χ1v) is 9.57. The number of nitrogens with zero attached hydrogens (tertiary/aromatic N) is 5. The lowest BCUT2D eigenvalue weighted by atomic mass is 10.1. The maximum atomic E-state index is 13.2. The molecule has 0 aliphatic carbocycles. The number of cyclic esters (lactones) is 1. The molecule has 11 heteroatoms. The smallest absolute Gasteiger partial charge is 0.414 e. The molecule has 154 valence electrons. The molecule has 1 unspecified atom stereocenters. The van der Waals surface area contributed by atoms with E-state index in [-0.39, 0.29) is 11.7 Å². The van der Waals surface area contributed by atoms with Gasteiger partial charge in [-0.1, -0.05) is 0 Å². The molecule has 30 heavy (non-hydrogen) atoms. The van der Waals surface area contributed by atoms with Gasteiger partial charge in [0.2, 0.25) is 0 Å². The Balaban J connectivity index is 1.44. The number of nitrogens with one attached hydrogen (secondary N) is 1. The second-order valence-corrected chi connectivity index (χ2v) is 7.26. The average Bonchev–Trinajstić information content (AvgIpc) is 3.35. The number of urea groups is 1. The molecule has 2 aromatic rings. The van der Waals surface area contributed by atoms with E-state index < -0.39 is 18.0 Å². The minimum absolute atomic E-state index is 0.0788. The van der Waals surface area contributed by atoms with E-state index in [1.807, 2.05) is 0 Å². The second-order valence-electron chi connectivity index (χ2n) is 7.26. The van der Waals surface area contributed by atoms with Crippen LogP contribution in [0.3, 0.4) is 0 Å².